The molecule has 0 saturated carbocycles. The van der Waals surface area contributed by atoms with Gasteiger partial charge in [0.2, 0.25) is 0 Å². The number of anilines is 1. The summed E-state index contributed by atoms with van der Waals surface area (Å²) in [6, 6.07) is 14.4. The van der Waals surface area contributed by atoms with Crippen LogP contribution in [0, 0.1) is 5.92 Å². The quantitative estimate of drug-likeness (QED) is 0.792. The van der Waals surface area contributed by atoms with Crippen molar-refractivity contribution in [1.82, 2.24) is 14.8 Å². The van der Waals surface area contributed by atoms with E-state index in [1.54, 1.807) is 6.20 Å². The molecule has 0 spiro atoms. The van der Waals surface area contributed by atoms with E-state index in [4.69, 9.17) is 0 Å². The number of amides is 1. The Bertz CT molecular complexity index is 762. The highest BCUT2D eigenvalue weighted by atomic mass is 16.2. The van der Waals surface area contributed by atoms with Gasteiger partial charge in [0.25, 0.3) is 5.91 Å². The van der Waals surface area contributed by atoms with Gasteiger partial charge in [-0.25, -0.2) is 4.98 Å². The van der Waals surface area contributed by atoms with Crippen LogP contribution in [0.4, 0.5) is 5.82 Å². The number of hydrogen-bond acceptors (Lipinski definition) is 4. The molecule has 1 aliphatic heterocycles. The molecule has 0 aliphatic carbocycles. The second kappa shape index (κ2) is 9.69. The van der Waals surface area contributed by atoms with Crippen LogP contribution in [0.2, 0.25) is 0 Å². The molecule has 1 atom stereocenters. The van der Waals surface area contributed by atoms with E-state index >= 15 is 0 Å². The fraction of sp³-hybridized carbons (Fsp3) is 0.478. The predicted octanol–water partition coefficient (Wildman–Crippen LogP) is 3.89. The third kappa shape index (κ3) is 5.32. The normalized spacial score (nSPS) is 17.7. The van der Waals surface area contributed by atoms with E-state index in [1.165, 1.54) is 5.56 Å². The minimum Gasteiger partial charge on any atom is -0.369 e. The lowest BCUT2D eigenvalue weighted by atomic mass is 10.1. The molecule has 2 heterocycles. The van der Waals surface area contributed by atoms with Gasteiger partial charge in [-0.1, -0.05) is 44.2 Å². The Hall–Kier alpha value is -2.40. The largest absolute Gasteiger partial charge is 0.369 e. The number of piperazine rings is 1. The minimum absolute atomic E-state index is 0.0759. The maximum absolute atomic E-state index is 13.2. The lowest BCUT2D eigenvalue weighted by Gasteiger charge is -2.40. The van der Waals surface area contributed by atoms with E-state index < -0.39 is 0 Å². The summed E-state index contributed by atoms with van der Waals surface area (Å²) in [5, 5.41) is 3.35. The number of rotatable bonds is 7. The van der Waals surface area contributed by atoms with Crippen LogP contribution in [0.1, 0.15) is 43.1 Å². The van der Waals surface area contributed by atoms with Crippen LogP contribution in [0.5, 0.6) is 0 Å². The summed E-state index contributed by atoms with van der Waals surface area (Å²) < 4.78 is 0. The second-order valence-corrected chi connectivity index (χ2v) is 8.08. The van der Waals surface area contributed by atoms with Crippen molar-refractivity contribution in [3.8, 4) is 0 Å². The van der Waals surface area contributed by atoms with Crippen molar-refractivity contribution in [3.63, 3.8) is 0 Å². The molecule has 1 N–H and O–H groups in total. The molecule has 1 aliphatic rings. The molecule has 150 valence electrons. The Labute approximate surface area is 168 Å². The number of nitrogens with zero attached hydrogens (tertiary/aromatic N) is 3. The molecule has 5 heteroatoms. The van der Waals surface area contributed by atoms with Crippen LogP contribution in [-0.2, 0) is 6.54 Å². The van der Waals surface area contributed by atoms with Gasteiger partial charge in [-0.2, -0.15) is 0 Å². The highest BCUT2D eigenvalue weighted by Gasteiger charge is 2.29. The van der Waals surface area contributed by atoms with E-state index in [0.717, 1.165) is 39.1 Å². The SMILES string of the molecule is CC(C)CCNc1ncccc1C(=O)N1CCN(Cc2ccccc2)CC1C. The van der Waals surface area contributed by atoms with Gasteiger partial charge >= 0.3 is 0 Å². The van der Waals surface area contributed by atoms with Gasteiger partial charge in [0.1, 0.15) is 5.82 Å². The first kappa shape index (κ1) is 20.3. The Morgan fingerprint density at radius 3 is 2.68 bits per heavy atom. The van der Waals surface area contributed by atoms with Crippen molar-refractivity contribution in [3.05, 3.63) is 59.8 Å². The molecule has 3 rings (SSSR count). The van der Waals surface area contributed by atoms with Gasteiger partial charge in [0.05, 0.1) is 5.56 Å². The minimum atomic E-state index is 0.0759. The molecule has 28 heavy (non-hydrogen) atoms. The van der Waals surface area contributed by atoms with Gasteiger partial charge < -0.3 is 10.2 Å². The predicted molar refractivity (Wildman–Crippen MR) is 114 cm³/mol. The van der Waals surface area contributed by atoms with Crippen LogP contribution < -0.4 is 5.32 Å². The zero-order chi connectivity index (χ0) is 19.9. The third-order valence-corrected chi connectivity index (χ3v) is 5.27. The summed E-state index contributed by atoms with van der Waals surface area (Å²) in [6.07, 6.45) is 2.80. The highest BCUT2D eigenvalue weighted by molar-refractivity contribution is 5.99. The molecular weight excluding hydrogens is 348 g/mol. The van der Waals surface area contributed by atoms with E-state index in [1.807, 2.05) is 23.1 Å². The first-order chi connectivity index (χ1) is 13.5. The van der Waals surface area contributed by atoms with Crippen LogP contribution in [-0.4, -0.2) is 52.9 Å². The van der Waals surface area contributed by atoms with Crippen molar-refractivity contribution in [2.24, 2.45) is 5.92 Å². The number of benzene rings is 1. The Kier molecular flexibility index (Phi) is 7.04. The molecule has 1 saturated heterocycles. The van der Waals surface area contributed by atoms with Gasteiger partial charge in [0.15, 0.2) is 0 Å². The van der Waals surface area contributed by atoms with E-state index in [-0.39, 0.29) is 11.9 Å². The maximum Gasteiger partial charge on any atom is 0.257 e. The fourth-order valence-corrected chi connectivity index (χ4v) is 3.67. The zero-order valence-corrected chi connectivity index (χ0v) is 17.3. The summed E-state index contributed by atoms with van der Waals surface area (Å²) in [7, 11) is 0. The molecule has 0 radical (unpaired) electrons. The van der Waals surface area contributed by atoms with Crippen molar-refractivity contribution in [2.45, 2.75) is 39.8 Å². The summed E-state index contributed by atoms with van der Waals surface area (Å²) in [5.41, 5.74) is 1.99. The van der Waals surface area contributed by atoms with Crippen LogP contribution in [0.25, 0.3) is 0 Å². The van der Waals surface area contributed by atoms with Crippen molar-refractivity contribution in [1.29, 1.82) is 0 Å². The van der Waals surface area contributed by atoms with Gasteiger partial charge in [-0.3, -0.25) is 9.69 Å². The van der Waals surface area contributed by atoms with Crippen LogP contribution >= 0.6 is 0 Å². The number of pyridine rings is 1. The van der Waals surface area contributed by atoms with Gasteiger partial charge in [0, 0.05) is 45.0 Å². The smallest absolute Gasteiger partial charge is 0.257 e. The van der Waals surface area contributed by atoms with Gasteiger partial charge in [-0.05, 0) is 37.0 Å². The van der Waals surface area contributed by atoms with Crippen molar-refractivity contribution in [2.75, 3.05) is 31.5 Å². The standard InChI is InChI=1S/C23H32N4O/c1-18(2)11-13-25-22-21(10-7-12-24-22)23(28)27-15-14-26(16-19(27)3)17-20-8-5-4-6-9-20/h4-10,12,18-19H,11,13-17H2,1-3H3,(H,24,25). The van der Waals surface area contributed by atoms with Crippen molar-refractivity contribution >= 4 is 11.7 Å². The lowest BCUT2D eigenvalue weighted by molar-refractivity contribution is 0.0476. The highest BCUT2D eigenvalue weighted by Crippen LogP contribution is 2.20. The van der Waals surface area contributed by atoms with E-state index in [0.29, 0.717) is 17.3 Å². The second-order valence-electron chi connectivity index (χ2n) is 8.08. The van der Waals surface area contributed by atoms with Crippen molar-refractivity contribution < 1.29 is 4.79 Å². The summed E-state index contributed by atoms with van der Waals surface area (Å²) >= 11 is 0. The van der Waals surface area contributed by atoms with E-state index in [9.17, 15) is 4.79 Å². The summed E-state index contributed by atoms with van der Waals surface area (Å²) in [6.45, 7) is 10.8. The first-order valence-electron chi connectivity index (χ1n) is 10.3. The molecule has 1 aromatic heterocycles. The Balaban J connectivity index is 1.62. The molecule has 1 unspecified atom stereocenters. The summed E-state index contributed by atoms with van der Waals surface area (Å²) in [4.78, 5) is 22.1. The maximum atomic E-state index is 13.2. The number of hydrogen-bond donors (Lipinski definition) is 1. The number of carbonyl (C=O) groups excluding carboxylic acids is 1. The Morgan fingerprint density at radius 1 is 1.18 bits per heavy atom. The third-order valence-electron chi connectivity index (χ3n) is 5.27. The summed E-state index contributed by atoms with van der Waals surface area (Å²) in [5.74, 6) is 1.40. The Morgan fingerprint density at radius 2 is 1.96 bits per heavy atom. The number of carbonyl (C=O) groups is 1. The number of nitrogens with one attached hydrogen (secondary N) is 1. The fourth-order valence-electron chi connectivity index (χ4n) is 3.67. The molecule has 1 fully saturated rings. The topological polar surface area (TPSA) is 48.5 Å². The monoisotopic (exact) mass is 380 g/mol. The first-order valence-corrected chi connectivity index (χ1v) is 10.3. The van der Waals surface area contributed by atoms with E-state index in [2.05, 4.69) is 60.2 Å². The molecular formula is C23H32N4O. The van der Waals surface area contributed by atoms with Gasteiger partial charge in [-0.15, -0.1) is 0 Å². The average Bonchev–Trinajstić information content (AvgIpc) is 2.68. The molecule has 5 nitrogen and oxygen atoms in total. The molecule has 2 aromatic rings. The van der Waals surface area contributed by atoms with Crippen LogP contribution in [0.15, 0.2) is 48.7 Å². The zero-order valence-electron chi connectivity index (χ0n) is 17.3. The average molecular weight is 381 g/mol. The molecule has 1 aromatic carbocycles. The molecule has 0 bridgehead atoms. The lowest BCUT2D eigenvalue weighted by Crippen LogP contribution is -2.53. The number of aromatic nitrogens is 1. The van der Waals surface area contributed by atoms with Crippen LogP contribution in [0.3, 0.4) is 0 Å². The molecule has 1 amide bonds.